The SMILES string of the molecule is CC(C)(CCC(=O)N1CCOCC1C(=O)O)NC(=O)OCC1c2ccccc2-c2ccccc21. The Morgan fingerprint density at radius 3 is 2.32 bits per heavy atom. The average Bonchev–Trinajstić information content (AvgIpc) is 3.14. The second kappa shape index (κ2) is 9.85. The van der Waals surface area contributed by atoms with Crippen LogP contribution in [0, 0.1) is 0 Å². The van der Waals surface area contributed by atoms with Gasteiger partial charge >= 0.3 is 12.1 Å². The maximum absolute atomic E-state index is 12.6. The van der Waals surface area contributed by atoms with Gasteiger partial charge in [-0.25, -0.2) is 9.59 Å². The van der Waals surface area contributed by atoms with Crippen molar-refractivity contribution in [2.45, 2.75) is 44.2 Å². The zero-order valence-corrected chi connectivity index (χ0v) is 19.5. The van der Waals surface area contributed by atoms with E-state index in [0.717, 1.165) is 22.3 Å². The Labute approximate surface area is 198 Å². The summed E-state index contributed by atoms with van der Waals surface area (Å²) in [7, 11) is 0. The third kappa shape index (κ3) is 5.07. The van der Waals surface area contributed by atoms with Crippen molar-refractivity contribution in [3.63, 3.8) is 0 Å². The summed E-state index contributed by atoms with van der Waals surface area (Å²) in [5.74, 6) is -1.38. The quantitative estimate of drug-likeness (QED) is 0.648. The van der Waals surface area contributed by atoms with Crippen LogP contribution in [0.1, 0.15) is 43.7 Å². The first-order valence-electron chi connectivity index (χ1n) is 11.5. The topological polar surface area (TPSA) is 105 Å². The molecule has 2 aliphatic rings. The Balaban J connectivity index is 1.31. The standard InChI is InChI=1S/C26H30N2O6/c1-26(2,12-11-23(29)28-13-14-33-16-22(28)24(30)31)27-25(32)34-15-21-19-9-5-3-7-17(19)18-8-4-6-10-20(18)21/h3-10,21-22H,11-16H2,1-2H3,(H,27,32)(H,30,31). The van der Waals surface area contributed by atoms with Crippen LogP contribution in [0.15, 0.2) is 48.5 Å². The molecule has 0 radical (unpaired) electrons. The van der Waals surface area contributed by atoms with Crippen LogP contribution in [0.2, 0.25) is 0 Å². The first kappa shape index (κ1) is 23.8. The first-order valence-corrected chi connectivity index (χ1v) is 11.5. The molecule has 1 fully saturated rings. The fraction of sp³-hybridized carbons (Fsp3) is 0.423. The number of ether oxygens (including phenoxy) is 2. The molecule has 0 saturated carbocycles. The second-order valence-corrected chi connectivity index (χ2v) is 9.35. The molecule has 8 heteroatoms. The van der Waals surface area contributed by atoms with Crippen molar-refractivity contribution < 1.29 is 29.0 Å². The lowest BCUT2D eigenvalue weighted by atomic mass is 9.97. The van der Waals surface area contributed by atoms with Crippen molar-refractivity contribution in [2.24, 2.45) is 0 Å². The molecular weight excluding hydrogens is 436 g/mol. The summed E-state index contributed by atoms with van der Waals surface area (Å²) in [4.78, 5) is 38.0. The van der Waals surface area contributed by atoms with Gasteiger partial charge in [0.1, 0.15) is 6.61 Å². The zero-order chi connectivity index (χ0) is 24.3. The molecular formula is C26H30N2O6. The second-order valence-electron chi connectivity index (χ2n) is 9.35. The fourth-order valence-electron chi connectivity index (χ4n) is 4.64. The van der Waals surface area contributed by atoms with Gasteiger partial charge in [-0.2, -0.15) is 0 Å². The number of nitrogens with zero attached hydrogens (tertiary/aromatic N) is 1. The van der Waals surface area contributed by atoms with E-state index in [4.69, 9.17) is 9.47 Å². The number of hydrogen-bond acceptors (Lipinski definition) is 5. The molecule has 0 aromatic heterocycles. The highest BCUT2D eigenvalue weighted by atomic mass is 16.5. The number of alkyl carbamates (subject to hydrolysis) is 1. The summed E-state index contributed by atoms with van der Waals surface area (Å²) in [5, 5.41) is 12.2. The molecule has 1 saturated heterocycles. The van der Waals surface area contributed by atoms with Crippen LogP contribution in [0.25, 0.3) is 11.1 Å². The molecule has 1 atom stereocenters. The molecule has 180 valence electrons. The molecule has 8 nitrogen and oxygen atoms in total. The summed E-state index contributed by atoms with van der Waals surface area (Å²) >= 11 is 0. The number of carbonyl (C=O) groups is 3. The molecule has 2 N–H and O–H groups in total. The van der Waals surface area contributed by atoms with E-state index < -0.39 is 23.6 Å². The minimum absolute atomic E-state index is 0.0114. The monoisotopic (exact) mass is 466 g/mol. The van der Waals surface area contributed by atoms with E-state index in [1.54, 1.807) is 0 Å². The van der Waals surface area contributed by atoms with Crippen molar-refractivity contribution in [2.75, 3.05) is 26.4 Å². The van der Waals surface area contributed by atoms with Gasteiger partial charge in [-0.15, -0.1) is 0 Å². The lowest BCUT2D eigenvalue weighted by Crippen LogP contribution is -2.53. The van der Waals surface area contributed by atoms with Crippen molar-refractivity contribution in [3.05, 3.63) is 59.7 Å². The largest absolute Gasteiger partial charge is 0.480 e. The van der Waals surface area contributed by atoms with E-state index in [1.165, 1.54) is 4.90 Å². The number of carboxylic acid groups (broad SMARTS) is 1. The lowest BCUT2D eigenvalue weighted by Gasteiger charge is -2.34. The maximum atomic E-state index is 12.6. The van der Waals surface area contributed by atoms with E-state index in [9.17, 15) is 19.5 Å². The highest BCUT2D eigenvalue weighted by Gasteiger charge is 2.34. The van der Waals surface area contributed by atoms with Gasteiger partial charge in [-0.05, 0) is 42.5 Å². The highest BCUT2D eigenvalue weighted by molar-refractivity contribution is 5.84. The van der Waals surface area contributed by atoms with Gasteiger partial charge in [0.05, 0.1) is 13.2 Å². The summed E-state index contributed by atoms with van der Waals surface area (Å²) in [6.07, 6.45) is -0.0886. The number of fused-ring (bicyclic) bond motifs is 3. The van der Waals surface area contributed by atoms with Gasteiger partial charge in [0, 0.05) is 24.4 Å². The Morgan fingerprint density at radius 1 is 1.09 bits per heavy atom. The predicted molar refractivity (Wildman–Crippen MR) is 125 cm³/mol. The number of carboxylic acids is 1. The van der Waals surface area contributed by atoms with Crippen LogP contribution in [0.3, 0.4) is 0 Å². The summed E-state index contributed by atoms with van der Waals surface area (Å²) in [6, 6.07) is 15.3. The molecule has 1 heterocycles. The van der Waals surface area contributed by atoms with Crippen LogP contribution in [-0.4, -0.2) is 65.9 Å². The van der Waals surface area contributed by atoms with Gasteiger partial charge in [0.25, 0.3) is 0 Å². The normalized spacial score (nSPS) is 17.6. The Bertz CT molecular complexity index is 1040. The van der Waals surface area contributed by atoms with E-state index in [2.05, 4.69) is 29.6 Å². The van der Waals surface area contributed by atoms with Gasteiger partial charge < -0.3 is 24.8 Å². The number of rotatable bonds is 7. The number of amides is 2. The number of nitrogens with one attached hydrogen (secondary N) is 1. The molecule has 1 aliphatic carbocycles. The van der Waals surface area contributed by atoms with Gasteiger partial charge in [-0.3, -0.25) is 4.79 Å². The van der Waals surface area contributed by atoms with Gasteiger partial charge in [0.15, 0.2) is 6.04 Å². The van der Waals surface area contributed by atoms with Crippen molar-refractivity contribution in [3.8, 4) is 11.1 Å². The smallest absolute Gasteiger partial charge is 0.407 e. The van der Waals surface area contributed by atoms with Crippen LogP contribution in [-0.2, 0) is 19.1 Å². The summed E-state index contributed by atoms with van der Waals surface area (Å²) in [5.41, 5.74) is 3.89. The molecule has 1 aliphatic heterocycles. The van der Waals surface area contributed by atoms with Crippen molar-refractivity contribution >= 4 is 18.0 Å². The van der Waals surface area contributed by atoms with Crippen LogP contribution in [0.5, 0.6) is 0 Å². The van der Waals surface area contributed by atoms with E-state index in [-0.39, 0.29) is 38.0 Å². The third-order valence-electron chi connectivity index (χ3n) is 6.48. The average molecular weight is 467 g/mol. The molecule has 2 amide bonds. The zero-order valence-electron chi connectivity index (χ0n) is 19.5. The van der Waals surface area contributed by atoms with E-state index in [0.29, 0.717) is 13.0 Å². The van der Waals surface area contributed by atoms with E-state index in [1.807, 2.05) is 38.1 Å². The number of carbonyl (C=O) groups excluding carboxylic acids is 2. The Morgan fingerprint density at radius 2 is 1.71 bits per heavy atom. The van der Waals surface area contributed by atoms with Crippen LogP contribution in [0.4, 0.5) is 4.79 Å². The molecule has 1 unspecified atom stereocenters. The first-order chi connectivity index (χ1) is 16.3. The highest BCUT2D eigenvalue weighted by Crippen LogP contribution is 2.44. The molecule has 34 heavy (non-hydrogen) atoms. The number of morpholine rings is 1. The van der Waals surface area contributed by atoms with Crippen LogP contribution >= 0.6 is 0 Å². The van der Waals surface area contributed by atoms with Crippen molar-refractivity contribution in [1.82, 2.24) is 10.2 Å². The Kier molecular flexibility index (Phi) is 6.88. The van der Waals surface area contributed by atoms with Gasteiger partial charge in [-0.1, -0.05) is 48.5 Å². The van der Waals surface area contributed by atoms with Gasteiger partial charge in [0.2, 0.25) is 5.91 Å². The van der Waals surface area contributed by atoms with E-state index >= 15 is 0 Å². The number of hydrogen-bond donors (Lipinski definition) is 2. The minimum Gasteiger partial charge on any atom is -0.480 e. The fourth-order valence-corrected chi connectivity index (χ4v) is 4.64. The molecule has 2 aromatic rings. The number of aliphatic carboxylic acids is 1. The lowest BCUT2D eigenvalue weighted by molar-refractivity contribution is -0.158. The maximum Gasteiger partial charge on any atom is 0.407 e. The molecule has 0 bridgehead atoms. The van der Waals surface area contributed by atoms with Crippen LogP contribution < -0.4 is 5.32 Å². The summed E-state index contributed by atoms with van der Waals surface area (Å²) in [6.45, 7) is 4.39. The van der Waals surface area contributed by atoms with Crippen molar-refractivity contribution in [1.29, 1.82) is 0 Å². The molecule has 0 spiro atoms. The third-order valence-corrected chi connectivity index (χ3v) is 6.48. The summed E-state index contributed by atoms with van der Waals surface area (Å²) < 4.78 is 10.8. The molecule has 2 aromatic carbocycles. The predicted octanol–water partition coefficient (Wildman–Crippen LogP) is 3.40. The minimum atomic E-state index is -1.08. The Hall–Kier alpha value is -3.39. The molecule has 4 rings (SSSR count). The number of benzene rings is 2.